The molecule has 3 aromatic rings. The summed E-state index contributed by atoms with van der Waals surface area (Å²) in [5.41, 5.74) is 14.5. The van der Waals surface area contributed by atoms with Crippen molar-refractivity contribution in [3.8, 4) is 22.3 Å². The monoisotopic (exact) mass is 525 g/mol. The smallest absolute Gasteiger partial charge is 0.410 e. The van der Waals surface area contributed by atoms with Crippen LogP contribution in [0.1, 0.15) is 45.7 Å². The number of fused-ring (bicyclic) bond motifs is 1. The molecule has 0 spiro atoms. The second-order valence-electron chi connectivity index (χ2n) is 11.7. The van der Waals surface area contributed by atoms with Crippen molar-refractivity contribution in [3.05, 3.63) is 72.4 Å². The number of rotatable bonds is 3. The highest BCUT2D eigenvalue weighted by Crippen LogP contribution is 2.34. The van der Waals surface area contributed by atoms with E-state index in [1.165, 1.54) is 11.1 Å². The maximum absolute atomic E-state index is 12.8. The molecule has 0 saturated carbocycles. The Labute approximate surface area is 231 Å². The number of piperazine rings is 1. The van der Waals surface area contributed by atoms with E-state index in [4.69, 9.17) is 10.5 Å². The average Bonchev–Trinajstić information content (AvgIpc) is 2.87. The number of nitrogens with two attached hydrogens (primary N) is 1. The van der Waals surface area contributed by atoms with Gasteiger partial charge in [-0.15, -0.1) is 0 Å². The minimum absolute atomic E-state index is 0.0386. The van der Waals surface area contributed by atoms with E-state index in [1.54, 1.807) is 0 Å². The molecule has 39 heavy (non-hydrogen) atoms. The van der Waals surface area contributed by atoms with Crippen molar-refractivity contribution in [1.82, 2.24) is 15.2 Å². The highest BCUT2D eigenvalue weighted by Gasteiger charge is 2.35. The number of anilines is 2. The number of nitrogen functional groups attached to an aromatic ring is 1. The van der Waals surface area contributed by atoms with Gasteiger partial charge in [0.05, 0.1) is 12.1 Å². The summed E-state index contributed by atoms with van der Waals surface area (Å²) in [6.45, 7) is 16.4. The Morgan fingerprint density at radius 2 is 1.67 bits per heavy atom. The summed E-state index contributed by atoms with van der Waals surface area (Å²) >= 11 is 0. The molecular formula is C32H39N5O2. The molecule has 2 atom stereocenters. The van der Waals surface area contributed by atoms with Gasteiger partial charge in [-0.25, -0.2) is 9.78 Å². The molecule has 1 amide bonds. The zero-order valence-electron chi connectivity index (χ0n) is 23.6. The first-order valence-corrected chi connectivity index (χ1v) is 13.7. The summed E-state index contributed by atoms with van der Waals surface area (Å²) in [5, 5.41) is 3.33. The molecular weight excluding hydrogens is 486 g/mol. The number of amides is 1. The number of ether oxygens (including phenoxy) is 1. The lowest BCUT2D eigenvalue weighted by Crippen LogP contribution is -2.59. The summed E-state index contributed by atoms with van der Waals surface area (Å²) in [6, 6.07) is 17.2. The number of carbonyl (C=O) groups is 1. The van der Waals surface area contributed by atoms with Crippen LogP contribution in [0.4, 0.5) is 16.3 Å². The van der Waals surface area contributed by atoms with Gasteiger partial charge in [0.2, 0.25) is 0 Å². The van der Waals surface area contributed by atoms with E-state index < -0.39 is 5.60 Å². The molecule has 0 aliphatic carbocycles. The van der Waals surface area contributed by atoms with Crippen molar-refractivity contribution in [2.45, 2.75) is 58.7 Å². The van der Waals surface area contributed by atoms with Crippen LogP contribution in [-0.2, 0) is 11.2 Å². The number of pyridine rings is 1. The van der Waals surface area contributed by atoms with E-state index in [9.17, 15) is 4.79 Å². The zero-order chi connectivity index (χ0) is 27.9. The van der Waals surface area contributed by atoms with Crippen LogP contribution < -0.4 is 16.0 Å². The Hall–Kier alpha value is -4.00. The number of hydrogen-bond donors (Lipinski definition) is 2. The summed E-state index contributed by atoms with van der Waals surface area (Å²) < 4.78 is 5.65. The van der Waals surface area contributed by atoms with Crippen LogP contribution in [-0.4, -0.2) is 53.3 Å². The largest absolute Gasteiger partial charge is 0.444 e. The number of nitrogens with zero attached hydrogens (tertiary/aromatic N) is 3. The van der Waals surface area contributed by atoms with Gasteiger partial charge in [-0.3, -0.25) is 4.90 Å². The van der Waals surface area contributed by atoms with Crippen molar-refractivity contribution < 1.29 is 9.53 Å². The lowest BCUT2D eigenvalue weighted by molar-refractivity contribution is 0.00566. The lowest BCUT2D eigenvalue weighted by Gasteiger charge is -2.45. The van der Waals surface area contributed by atoms with Gasteiger partial charge in [0.1, 0.15) is 11.4 Å². The molecule has 0 bridgehead atoms. The maximum atomic E-state index is 12.8. The summed E-state index contributed by atoms with van der Waals surface area (Å²) in [7, 11) is 0. The van der Waals surface area contributed by atoms with Crippen molar-refractivity contribution >= 4 is 23.3 Å². The molecule has 7 nitrogen and oxygen atoms in total. The van der Waals surface area contributed by atoms with Crippen LogP contribution >= 0.6 is 0 Å². The van der Waals surface area contributed by atoms with Crippen LogP contribution in [0.25, 0.3) is 28.0 Å². The molecule has 7 heteroatoms. The van der Waals surface area contributed by atoms with E-state index in [1.807, 2.05) is 31.9 Å². The van der Waals surface area contributed by atoms with E-state index >= 15 is 0 Å². The molecule has 0 radical (unpaired) electrons. The molecule has 2 aliphatic rings. The fourth-order valence-electron chi connectivity index (χ4n) is 5.64. The molecule has 5 rings (SSSR count). The molecule has 3 N–H and O–H groups in total. The first-order valence-electron chi connectivity index (χ1n) is 13.7. The Morgan fingerprint density at radius 1 is 1.00 bits per heavy atom. The van der Waals surface area contributed by atoms with Gasteiger partial charge in [-0.2, -0.15) is 0 Å². The zero-order valence-corrected chi connectivity index (χ0v) is 23.6. The predicted octanol–water partition coefficient (Wildman–Crippen LogP) is 5.95. The second kappa shape index (κ2) is 10.3. The first-order chi connectivity index (χ1) is 18.5. The Morgan fingerprint density at radius 3 is 2.33 bits per heavy atom. The van der Waals surface area contributed by atoms with E-state index in [2.05, 4.69) is 84.2 Å². The number of benzene rings is 2. The number of nitrogens with one attached hydrogen (secondary N) is 1. The molecule has 204 valence electrons. The fourth-order valence-corrected chi connectivity index (χ4v) is 5.64. The number of hydrogen-bond acceptors (Lipinski definition) is 6. The van der Waals surface area contributed by atoms with Gasteiger partial charge in [0.25, 0.3) is 0 Å². The van der Waals surface area contributed by atoms with E-state index in [-0.39, 0.29) is 18.2 Å². The topological polar surface area (TPSA) is 83.7 Å². The van der Waals surface area contributed by atoms with Crippen LogP contribution in [0.2, 0.25) is 0 Å². The molecule has 1 fully saturated rings. The Bertz CT molecular complexity index is 1380. The highest BCUT2D eigenvalue weighted by atomic mass is 16.6. The predicted molar refractivity (Wildman–Crippen MR) is 159 cm³/mol. The van der Waals surface area contributed by atoms with Crippen molar-refractivity contribution in [2.75, 3.05) is 30.3 Å². The van der Waals surface area contributed by atoms with Crippen LogP contribution in [0.3, 0.4) is 0 Å². The third kappa shape index (κ3) is 5.58. The second-order valence-corrected chi connectivity index (χ2v) is 11.7. The standard InChI is InChI=1S/C32H39N5O2/c1-20-18-36(19-21(2)37(20)31(38)39-32(4,5)6)27-10-7-23(8-11-27)26-16-29(30(33)35-17-26)24-9-12-28-22(3)34-14-13-25(28)15-24/h7-12,15-17,20-21,34H,3,13-14,18-19H2,1-2,4-6H3,(H2,33,35)/t20-,21+. The molecule has 2 aromatic carbocycles. The molecule has 2 aliphatic heterocycles. The van der Waals surface area contributed by atoms with Gasteiger partial charge in [-0.05, 0) is 75.9 Å². The molecule has 1 saturated heterocycles. The van der Waals surface area contributed by atoms with E-state index in [0.29, 0.717) is 5.82 Å². The summed E-state index contributed by atoms with van der Waals surface area (Å²) in [6.07, 6.45) is 2.55. The van der Waals surface area contributed by atoms with Crippen molar-refractivity contribution in [2.24, 2.45) is 0 Å². The highest BCUT2D eigenvalue weighted by molar-refractivity contribution is 5.81. The quantitative estimate of drug-likeness (QED) is 0.440. The van der Waals surface area contributed by atoms with Crippen molar-refractivity contribution in [1.29, 1.82) is 0 Å². The van der Waals surface area contributed by atoms with Gasteiger partial charge in [0, 0.05) is 53.9 Å². The number of aromatic nitrogens is 1. The third-order valence-electron chi connectivity index (χ3n) is 7.48. The van der Waals surface area contributed by atoms with E-state index in [0.717, 1.165) is 59.7 Å². The maximum Gasteiger partial charge on any atom is 0.410 e. The first kappa shape index (κ1) is 26.6. The number of carbonyl (C=O) groups excluding carboxylic acids is 1. The van der Waals surface area contributed by atoms with Crippen LogP contribution in [0.15, 0.2) is 61.3 Å². The minimum Gasteiger partial charge on any atom is -0.444 e. The van der Waals surface area contributed by atoms with Gasteiger partial charge < -0.3 is 20.7 Å². The minimum atomic E-state index is -0.507. The normalized spacial score (nSPS) is 19.4. The molecule has 3 heterocycles. The third-order valence-corrected chi connectivity index (χ3v) is 7.48. The molecule has 0 unspecified atom stereocenters. The lowest BCUT2D eigenvalue weighted by atomic mass is 9.93. The van der Waals surface area contributed by atoms with Gasteiger partial charge in [0.15, 0.2) is 0 Å². The summed E-state index contributed by atoms with van der Waals surface area (Å²) in [5.74, 6) is 0.522. The Kier molecular flexibility index (Phi) is 7.02. The summed E-state index contributed by atoms with van der Waals surface area (Å²) in [4.78, 5) is 21.5. The van der Waals surface area contributed by atoms with Crippen molar-refractivity contribution in [3.63, 3.8) is 0 Å². The molecule has 1 aromatic heterocycles. The van der Waals surface area contributed by atoms with Crippen LogP contribution in [0.5, 0.6) is 0 Å². The van der Waals surface area contributed by atoms with Gasteiger partial charge in [-0.1, -0.05) is 36.9 Å². The Balaban J connectivity index is 1.34. The van der Waals surface area contributed by atoms with Gasteiger partial charge >= 0.3 is 6.09 Å². The SMILES string of the molecule is C=C1NCCc2cc(-c3cc(-c4ccc(N5C[C@@H](C)N(C(=O)OC(C)(C)C)[C@@H](C)C5)cc4)cnc3N)ccc21. The van der Waals surface area contributed by atoms with Crippen LogP contribution in [0, 0.1) is 0 Å². The fraction of sp³-hybridized carbons (Fsp3) is 0.375. The average molecular weight is 526 g/mol.